The number of rotatable bonds is 8. The van der Waals surface area contributed by atoms with Gasteiger partial charge in [-0.05, 0) is 60.4 Å². The molecule has 34 heavy (non-hydrogen) atoms. The topological polar surface area (TPSA) is 87.1 Å². The van der Waals surface area contributed by atoms with E-state index < -0.39 is 17.7 Å². The van der Waals surface area contributed by atoms with Crippen molar-refractivity contribution in [3.05, 3.63) is 101 Å². The third-order valence-corrected chi connectivity index (χ3v) is 5.81. The summed E-state index contributed by atoms with van der Waals surface area (Å²) in [6, 6.07) is 22.1. The predicted molar refractivity (Wildman–Crippen MR) is 129 cm³/mol. The van der Waals surface area contributed by atoms with Crippen LogP contribution in [0.15, 0.2) is 84.4 Å². The van der Waals surface area contributed by atoms with E-state index in [2.05, 4.69) is 0 Å². The molecule has 1 fully saturated rings. The van der Waals surface area contributed by atoms with Crippen LogP contribution in [0, 0.1) is 0 Å². The smallest absolute Gasteiger partial charge is 0.295 e. The molecule has 6 nitrogen and oxygen atoms in total. The molecule has 1 amide bonds. The van der Waals surface area contributed by atoms with E-state index in [0.29, 0.717) is 29.9 Å². The second kappa shape index (κ2) is 10.3. The van der Waals surface area contributed by atoms with Crippen LogP contribution in [0.2, 0.25) is 0 Å². The molecule has 1 aliphatic heterocycles. The van der Waals surface area contributed by atoms with Crippen molar-refractivity contribution in [3.63, 3.8) is 0 Å². The van der Waals surface area contributed by atoms with E-state index in [1.165, 1.54) is 17.0 Å². The highest BCUT2D eigenvalue weighted by atomic mass is 16.5. The summed E-state index contributed by atoms with van der Waals surface area (Å²) in [6.07, 6.45) is 1.42. The van der Waals surface area contributed by atoms with Crippen molar-refractivity contribution in [3.8, 4) is 11.5 Å². The number of aliphatic hydroxyl groups is 1. The van der Waals surface area contributed by atoms with Gasteiger partial charge in [-0.3, -0.25) is 9.59 Å². The summed E-state index contributed by atoms with van der Waals surface area (Å²) in [5, 5.41) is 21.2. The summed E-state index contributed by atoms with van der Waals surface area (Å²) < 4.78 is 5.59. The number of carbonyl (C=O) groups excluding carboxylic acids is 2. The zero-order valence-corrected chi connectivity index (χ0v) is 19.0. The zero-order chi connectivity index (χ0) is 24.1. The van der Waals surface area contributed by atoms with Crippen LogP contribution >= 0.6 is 0 Å². The molecule has 1 atom stereocenters. The molecule has 0 aliphatic carbocycles. The molecule has 174 valence electrons. The van der Waals surface area contributed by atoms with Gasteiger partial charge in [0.1, 0.15) is 17.3 Å². The van der Waals surface area contributed by atoms with E-state index in [1.54, 1.807) is 36.4 Å². The average molecular weight is 458 g/mol. The molecule has 0 bridgehead atoms. The average Bonchev–Trinajstić information content (AvgIpc) is 3.11. The van der Waals surface area contributed by atoms with Gasteiger partial charge in [0.2, 0.25) is 0 Å². The molecule has 0 aromatic heterocycles. The Balaban J connectivity index is 1.73. The first kappa shape index (κ1) is 23.1. The van der Waals surface area contributed by atoms with Crippen molar-refractivity contribution in [2.24, 2.45) is 0 Å². The number of ether oxygens (including phenoxy) is 1. The summed E-state index contributed by atoms with van der Waals surface area (Å²) in [6.45, 7) is 2.88. The third kappa shape index (κ3) is 4.81. The Morgan fingerprint density at radius 3 is 2.38 bits per heavy atom. The Morgan fingerprint density at radius 1 is 0.971 bits per heavy atom. The number of aliphatic hydroxyl groups excluding tert-OH is 1. The van der Waals surface area contributed by atoms with Crippen LogP contribution in [-0.2, 0) is 16.0 Å². The number of Topliss-reactive ketones (excluding diaryl/α,β-unsaturated/α-hetero) is 1. The molecule has 0 saturated carbocycles. The van der Waals surface area contributed by atoms with E-state index in [9.17, 15) is 19.8 Å². The fraction of sp³-hybridized carbons (Fsp3) is 0.214. The number of hydrogen-bond acceptors (Lipinski definition) is 5. The van der Waals surface area contributed by atoms with Crippen LogP contribution in [-0.4, -0.2) is 40.0 Å². The second-order valence-corrected chi connectivity index (χ2v) is 8.20. The first-order valence-electron chi connectivity index (χ1n) is 11.3. The Morgan fingerprint density at radius 2 is 1.71 bits per heavy atom. The van der Waals surface area contributed by atoms with Gasteiger partial charge in [-0.25, -0.2) is 0 Å². The highest BCUT2D eigenvalue weighted by molar-refractivity contribution is 6.46. The maximum Gasteiger partial charge on any atom is 0.295 e. The Bertz CT molecular complexity index is 1200. The highest BCUT2D eigenvalue weighted by Crippen LogP contribution is 2.40. The number of likely N-dealkylation sites (tertiary alicyclic amines) is 1. The number of ketones is 1. The van der Waals surface area contributed by atoms with Gasteiger partial charge < -0.3 is 19.8 Å². The van der Waals surface area contributed by atoms with E-state index in [0.717, 1.165) is 12.0 Å². The summed E-state index contributed by atoms with van der Waals surface area (Å²) in [7, 11) is 0. The van der Waals surface area contributed by atoms with Gasteiger partial charge >= 0.3 is 0 Å². The van der Waals surface area contributed by atoms with Crippen LogP contribution in [0.3, 0.4) is 0 Å². The number of aromatic hydroxyl groups is 1. The maximum absolute atomic E-state index is 13.1. The Kier molecular flexibility index (Phi) is 6.97. The van der Waals surface area contributed by atoms with Crippen molar-refractivity contribution in [1.29, 1.82) is 0 Å². The second-order valence-electron chi connectivity index (χ2n) is 8.20. The minimum absolute atomic E-state index is 0.00545. The van der Waals surface area contributed by atoms with E-state index in [4.69, 9.17) is 4.74 Å². The summed E-state index contributed by atoms with van der Waals surface area (Å²) in [5.74, 6) is -0.996. The zero-order valence-electron chi connectivity index (χ0n) is 19.0. The van der Waals surface area contributed by atoms with Crippen LogP contribution in [0.1, 0.15) is 36.1 Å². The monoisotopic (exact) mass is 457 g/mol. The van der Waals surface area contributed by atoms with Gasteiger partial charge in [-0.15, -0.1) is 0 Å². The summed E-state index contributed by atoms with van der Waals surface area (Å²) in [5.41, 5.74) is 2.00. The third-order valence-electron chi connectivity index (χ3n) is 5.81. The lowest BCUT2D eigenvalue weighted by Gasteiger charge is -2.25. The Hall–Kier alpha value is -4.06. The number of phenolic OH excluding ortho intramolecular Hbond substituents is 1. The Labute approximate surface area is 198 Å². The molecule has 1 saturated heterocycles. The van der Waals surface area contributed by atoms with Gasteiger partial charge in [0, 0.05) is 12.1 Å². The van der Waals surface area contributed by atoms with Crippen LogP contribution in [0.5, 0.6) is 11.5 Å². The quantitative estimate of drug-likeness (QED) is 0.287. The van der Waals surface area contributed by atoms with E-state index in [-0.39, 0.29) is 23.6 Å². The van der Waals surface area contributed by atoms with Gasteiger partial charge in [0.15, 0.2) is 0 Å². The van der Waals surface area contributed by atoms with Crippen LogP contribution < -0.4 is 4.74 Å². The first-order chi connectivity index (χ1) is 16.5. The van der Waals surface area contributed by atoms with Crippen molar-refractivity contribution < 1.29 is 24.5 Å². The minimum Gasteiger partial charge on any atom is -0.508 e. The molecular weight excluding hydrogens is 430 g/mol. The molecule has 0 radical (unpaired) electrons. The molecule has 1 heterocycles. The molecule has 1 unspecified atom stereocenters. The van der Waals surface area contributed by atoms with Crippen molar-refractivity contribution >= 4 is 17.4 Å². The molecular formula is C28H27NO5. The molecule has 4 rings (SSSR count). The normalized spacial score (nSPS) is 17.2. The van der Waals surface area contributed by atoms with Gasteiger partial charge in [0.25, 0.3) is 11.7 Å². The maximum atomic E-state index is 13.1. The lowest BCUT2D eigenvalue weighted by Crippen LogP contribution is -2.31. The van der Waals surface area contributed by atoms with Crippen LogP contribution in [0.25, 0.3) is 5.76 Å². The van der Waals surface area contributed by atoms with Crippen molar-refractivity contribution in [2.75, 3.05) is 13.2 Å². The van der Waals surface area contributed by atoms with E-state index in [1.807, 2.05) is 37.3 Å². The van der Waals surface area contributed by atoms with Gasteiger partial charge in [-0.1, -0.05) is 49.4 Å². The molecule has 0 spiro atoms. The summed E-state index contributed by atoms with van der Waals surface area (Å²) in [4.78, 5) is 27.7. The number of phenols is 1. The van der Waals surface area contributed by atoms with Crippen molar-refractivity contribution in [2.45, 2.75) is 25.8 Å². The van der Waals surface area contributed by atoms with Gasteiger partial charge in [-0.2, -0.15) is 0 Å². The lowest BCUT2D eigenvalue weighted by atomic mass is 9.95. The number of nitrogens with zero attached hydrogens (tertiary/aromatic N) is 1. The number of hydrogen-bond donors (Lipinski definition) is 2. The number of amides is 1. The lowest BCUT2D eigenvalue weighted by molar-refractivity contribution is -0.139. The number of carbonyl (C=O) groups is 2. The molecule has 2 N–H and O–H groups in total. The fourth-order valence-corrected chi connectivity index (χ4v) is 4.13. The molecule has 3 aromatic rings. The molecule has 3 aromatic carbocycles. The van der Waals surface area contributed by atoms with Gasteiger partial charge in [0.05, 0.1) is 18.2 Å². The minimum atomic E-state index is -0.813. The van der Waals surface area contributed by atoms with E-state index >= 15 is 0 Å². The standard InChI is InChI=1S/C28H27NO5/c1-2-17-34-23-13-11-20(12-14-23)26(31)24-25(21-9-6-10-22(30)18-21)29(28(33)27(24)32)16-15-19-7-4-3-5-8-19/h3-14,18,25,30-31H,2,15-17H2,1H3. The molecule has 6 heteroatoms. The SMILES string of the molecule is CCCOc1ccc(C(O)=C2C(=O)C(=O)N(CCc3ccccc3)C2c2cccc(O)c2)cc1. The first-order valence-corrected chi connectivity index (χ1v) is 11.3. The predicted octanol–water partition coefficient (Wildman–Crippen LogP) is 4.85. The van der Waals surface area contributed by atoms with Crippen molar-refractivity contribution in [1.82, 2.24) is 4.90 Å². The summed E-state index contributed by atoms with van der Waals surface area (Å²) >= 11 is 0. The molecule has 1 aliphatic rings. The fourth-order valence-electron chi connectivity index (χ4n) is 4.13. The largest absolute Gasteiger partial charge is 0.508 e. The van der Waals surface area contributed by atoms with Crippen LogP contribution in [0.4, 0.5) is 0 Å². The number of benzene rings is 3. The highest BCUT2D eigenvalue weighted by Gasteiger charge is 2.45.